The second-order valence-electron chi connectivity index (χ2n) is 6.02. The van der Waals surface area contributed by atoms with Crippen molar-refractivity contribution in [2.24, 2.45) is 0 Å². The molecule has 1 fully saturated rings. The first-order valence-corrected chi connectivity index (χ1v) is 9.57. The number of fused-ring (bicyclic) bond motifs is 1. The number of pyridine rings is 1. The minimum Gasteiger partial charge on any atom is -0.481 e. The van der Waals surface area contributed by atoms with Crippen molar-refractivity contribution in [3.8, 4) is 0 Å². The maximum Gasteiger partial charge on any atom is 0.327 e. The van der Waals surface area contributed by atoms with E-state index in [-0.39, 0.29) is 14.4 Å². The fourth-order valence-electron chi connectivity index (χ4n) is 2.79. The normalized spacial score (nSPS) is 16.8. The third kappa shape index (κ3) is 3.87. The number of halogens is 1. The van der Waals surface area contributed by atoms with Gasteiger partial charge in [-0.15, -0.1) is 0 Å². The van der Waals surface area contributed by atoms with E-state index < -0.39 is 30.3 Å². The van der Waals surface area contributed by atoms with Crippen molar-refractivity contribution >= 4 is 74.7 Å². The average Bonchev–Trinajstić information content (AvgIpc) is 2.88. The Morgan fingerprint density at radius 3 is 2.75 bits per heavy atom. The highest BCUT2D eigenvalue weighted by Crippen LogP contribution is 2.36. The highest BCUT2D eigenvalue weighted by molar-refractivity contribution is 8.26. The van der Waals surface area contributed by atoms with E-state index in [4.69, 9.17) is 28.9 Å². The number of carboxylic acid groups (broad SMARTS) is 2. The van der Waals surface area contributed by atoms with Crippen molar-refractivity contribution in [1.82, 2.24) is 9.88 Å². The quantitative estimate of drug-likeness (QED) is 0.417. The second-order valence-corrected chi connectivity index (χ2v) is 8.05. The smallest absolute Gasteiger partial charge is 0.327 e. The minimum atomic E-state index is -1.58. The lowest BCUT2D eigenvalue weighted by Gasteiger charge is -2.21. The minimum absolute atomic E-state index is 0.0226. The summed E-state index contributed by atoms with van der Waals surface area (Å²) < 4.78 is -0.0226. The molecule has 1 saturated heterocycles. The molecular formula is C18H13ClN2O5S2. The molecule has 1 aromatic carbocycles. The molecule has 0 bridgehead atoms. The van der Waals surface area contributed by atoms with Crippen molar-refractivity contribution in [1.29, 1.82) is 0 Å². The zero-order valence-corrected chi connectivity index (χ0v) is 16.8. The third-order valence-electron chi connectivity index (χ3n) is 4.10. The number of aromatic nitrogens is 1. The Labute approximate surface area is 174 Å². The number of carboxylic acids is 2. The maximum atomic E-state index is 12.7. The van der Waals surface area contributed by atoms with E-state index in [0.29, 0.717) is 5.56 Å². The predicted octanol–water partition coefficient (Wildman–Crippen LogP) is 3.33. The molecule has 1 unspecified atom stereocenters. The Kier molecular flexibility index (Phi) is 5.69. The Morgan fingerprint density at radius 2 is 2.11 bits per heavy atom. The van der Waals surface area contributed by atoms with Crippen LogP contribution in [0.1, 0.15) is 17.5 Å². The summed E-state index contributed by atoms with van der Waals surface area (Å²) in [5, 5.41) is 19.3. The van der Waals surface area contributed by atoms with E-state index in [9.17, 15) is 19.5 Å². The third-order valence-corrected chi connectivity index (χ3v) is 5.74. The van der Waals surface area contributed by atoms with Gasteiger partial charge >= 0.3 is 11.9 Å². The summed E-state index contributed by atoms with van der Waals surface area (Å²) in [7, 11) is 0. The number of para-hydroxylation sites is 1. The molecule has 0 spiro atoms. The van der Waals surface area contributed by atoms with Crippen LogP contribution in [0.5, 0.6) is 0 Å². The number of aliphatic carboxylic acids is 2. The highest BCUT2D eigenvalue weighted by atomic mass is 35.5. The molecule has 2 heterocycles. The topological polar surface area (TPSA) is 108 Å². The summed E-state index contributed by atoms with van der Waals surface area (Å²) in [5.41, 5.74) is 2.17. The van der Waals surface area contributed by atoms with Crippen LogP contribution >= 0.6 is 35.6 Å². The van der Waals surface area contributed by atoms with Crippen LogP contribution in [-0.4, -0.2) is 48.3 Å². The summed E-state index contributed by atoms with van der Waals surface area (Å²) in [6, 6.07) is 5.84. The van der Waals surface area contributed by atoms with Gasteiger partial charge in [-0.1, -0.05) is 53.8 Å². The van der Waals surface area contributed by atoms with Crippen molar-refractivity contribution in [3.63, 3.8) is 0 Å². The molecule has 2 aromatic rings. The van der Waals surface area contributed by atoms with Crippen molar-refractivity contribution in [2.75, 3.05) is 0 Å². The van der Waals surface area contributed by atoms with Crippen molar-refractivity contribution in [3.05, 3.63) is 45.5 Å². The number of amides is 1. The number of thiocarbonyl (C=S) groups is 1. The zero-order valence-electron chi connectivity index (χ0n) is 14.4. The van der Waals surface area contributed by atoms with Crippen LogP contribution in [0.3, 0.4) is 0 Å². The molecule has 144 valence electrons. The van der Waals surface area contributed by atoms with E-state index in [1.165, 1.54) is 6.08 Å². The molecule has 0 saturated carbocycles. The van der Waals surface area contributed by atoms with Gasteiger partial charge < -0.3 is 10.2 Å². The van der Waals surface area contributed by atoms with E-state index in [1.807, 2.05) is 25.1 Å². The largest absolute Gasteiger partial charge is 0.481 e. The molecule has 0 radical (unpaired) electrons. The van der Waals surface area contributed by atoms with Crippen LogP contribution in [0.2, 0.25) is 5.15 Å². The van der Waals surface area contributed by atoms with Crippen molar-refractivity contribution in [2.45, 2.75) is 19.4 Å². The van der Waals surface area contributed by atoms with Gasteiger partial charge in [-0.2, -0.15) is 0 Å². The number of rotatable bonds is 5. The summed E-state index contributed by atoms with van der Waals surface area (Å²) >= 11 is 12.3. The number of thioether (sulfide) groups is 1. The predicted molar refractivity (Wildman–Crippen MR) is 110 cm³/mol. The Morgan fingerprint density at radius 1 is 1.39 bits per heavy atom. The standard InChI is InChI=1S/C18H13ClN2O5S2/c1-8-3-2-4-9-5-10(15(19)20-14(8)9)6-12-16(24)21(18(27)28-12)11(17(25)26)7-13(22)23/h2-6,11H,7H2,1H3,(H,22,23)(H,25,26). The number of carbonyl (C=O) groups excluding carboxylic acids is 1. The van der Waals surface area contributed by atoms with Gasteiger partial charge in [0.25, 0.3) is 5.91 Å². The molecule has 1 aliphatic rings. The molecule has 10 heteroatoms. The number of hydrogen-bond donors (Lipinski definition) is 2. The number of nitrogens with zero attached hydrogens (tertiary/aromatic N) is 2. The molecule has 1 aliphatic heterocycles. The van der Waals surface area contributed by atoms with E-state index in [1.54, 1.807) is 6.07 Å². The molecule has 1 amide bonds. The van der Waals surface area contributed by atoms with Crippen LogP contribution in [0, 0.1) is 6.92 Å². The van der Waals surface area contributed by atoms with Gasteiger partial charge in [0.1, 0.15) is 15.5 Å². The molecule has 1 atom stereocenters. The van der Waals surface area contributed by atoms with Crippen LogP contribution in [0.4, 0.5) is 0 Å². The lowest BCUT2D eigenvalue weighted by atomic mass is 10.1. The van der Waals surface area contributed by atoms with Crippen molar-refractivity contribution < 1.29 is 24.6 Å². The lowest BCUT2D eigenvalue weighted by Crippen LogP contribution is -2.45. The van der Waals surface area contributed by atoms with Gasteiger partial charge in [0.05, 0.1) is 16.8 Å². The van der Waals surface area contributed by atoms with Gasteiger partial charge in [0.2, 0.25) is 0 Å². The van der Waals surface area contributed by atoms with Crippen LogP contribution in [0.25, 0.3) is 17.0 Å². The van der Waals surface area contributed by atoms with Gasteiger partial charge in [0, 0.05) is 10.9 Å². The first kappa shape index (κ1) is 20.2. The zero-order chi connectivity index (χ0) is 20.6. The van der Waals surface area contributed by atoms with Gasteiger partial charge in [-0.05, 0) is 24.6 Å². The van der Waals surface area contributed by atoms with Gasteiger partial charge in [-0.25, -0.2) is 9.78 Å². The number of benzene rings is 1. The monoisotopic (exact) mass is 436 g/mol. The van der Waals surface area contributed by atoms with Crippen LogP contribution < -0.4 is 0 Å². The highest BCUT2D eigenvalue weighted by Gasteiger charge is 2.41. The van der Waals surface area contributed by atoms with E-state index in [0.717, 1.165) is 33.1 Å². The van der Waals surface area contributed by atoms with Gasteiger partial charge in [-0.3, -0.25) is 14.5 Å². The van der Waals surface area contributed by atoms with Crippen LogP contribution in [-0.2, 0) is 14.4 Å². The molecule has 3 rings (SSSR count). The first-order chi connectivity index (χ1) is 13.2. The molecule has 2 N–H and O–H groups in total. The second kappa shape index (κ2) is 7.86. The summed E-state index contributed by atoms with van der Waals surface area (Å²) in [5.74, 6) is -3.47. The fourth-order valence-corrected chi connectivity index (χ4v) is 4.33. The lowest BCUT2D eigenvalue weighted by molar-refractivity contribution is -0.150. The number of hydrogen-bond acceptors (Lipinski definition) is 6. The molecule has 7 nitrogen and oxygen atoms in total. The summed E-state index contributed by atoms with van der Waals surface area (Å²) in [6.45, 7) is 1.91. The molecule has 28 heavy (non-hydrogen) atoms. The van der Waals surface area contributed by atoms with E-state index in [2.05, 4.69) is 4.98 Å². The molecular weight excluding hydrogens is 424 g/mol. The first-order valence-electron chi connectivity index (χ1n) is 7.96. The Bertz CT molecular complexity index is 1070. The Hall–Kier alpha value is -2.49. The summed E-state index contributed by atoms with van der Waals surface area (Å²) in [6.07, 6.45) is 0.725. The number of aryl methyl sites for hydroxylation is 1. The average molecular weight is 437 g/mol. The SMILES string of the molecule is Cc1cccc2cc(C=C3SC(=S)N(C(CC(=O)O)C(=O)O)C3=O)c(Cl)nc12. The van der Waals surface area contributed by atoms with Crippen LogP contribution in [0.15, 0.2) is 29.2 Å². The Balaban J connectivity index is 2.00. The molecule has 0 aliphatic carbocycles. The molecule has 1 aromatic heterocycles. The van der Waals surface area contributed by atoms with E-state index >= 15 is 0 Å². The summed E-state index contributed by atoms with van der Waals surface area (Å²) in [4.78, 5) is 40.4. The number of carbonyl (C=O) groups is 3. The fraction of sp³-hybridized carbons (Fsp3) is 0.167. The van der Waals surface area contributed by atoms with Gasteiger partial charge in [0.15, 0.2) is 0 Å². The maximum absolute atomic E-state index is 12.7.